The fraction of sp³-hybridized carbons (Fsp3) is 0.0625. The van der Waals surface area contributed by atoms with E-state index in [1.165, 1.54) is 18.5 Å². The highest BCUT2D eigenvalue weighted by Crippen LogP contribution is 2.39. The number of nitrogens with zero attached hydrogens (tertiary/aromatic N) is 3. The van der Waals surface area contributed by atoms with E-state index < -0.39 is 0 Å². The fourth-order valence-electron chi connectivity index (χ4n) is 2.34. The lowest BCUT2D eigenvalue weighted by molar-refractivity contribution is 0.470. The lowest BCUT2D eigenvalue weighted by atomic mass is 9.83. The van der Waals surface area contributed by atoms with Gasteiger partial charge in [0, 0.05) is 24.1 Å². The Hall–Kier alpha value is -3.02. The number of rotatable bonds is 3. The van der Waals surface area contributed by atoms with Crippen LogP contribution in [0.15, 0.2) is 35.6 Å². The first-order valence-electron chi connectivity index (χ1n) is 7.02. The van der Waals surface area contributed by atoms with Gasteiger partial charge in [-0.05, 0) is 5.56 Å². The highest BCUT2D eigenvalue weighted by molar-refractivity contribution is 6.41. The van der Waals surface area contributed by atoms with Gasteiger partial charge < -0.3 is 15.3 Å². The Bertz CT molecular complexity index is 938. The molecule has 0 unspecified atom stereocenters. The van der Waals surface area contributed by atoms with Crippen molar-refractivity contribution in [2.24, 2.45) is 4.99 Å². The van der Waals surface area contributed by atoms with Crippen molar-refractivity contribution in [1.29, 1.82) is 0 Å². The van der Waals surface area contributed by atoms with Crippen molar-refractivity contribution in [1.82, 2.24) is 10.2 Å². The smallest absolute Gasteiger partial charge is 0.150 e. The molecule has 3 rings (SSSR count). The molecule has 0 aliphatic rings. The standard InChI is InChI=1S/C16H11B2N3O3/c17-11-3-8(4-12(18)16(11)24)1-2-19-13-5-14(22)9-6-20-21-7-10(9)15(13)23/h2-7,22-24H,1H2. The Morgan fingerprint density at radius 3 is 2.21 bits per heavy atom. The molecule has 24 heavy (non-hydrogen) atoms. The second kappa shape index (κ2) is 6.23. The van der Waals surface area contributed by atoms with Crippen molar-refractivity contribution in [3.8, 4) is 17.2 Å². The number of phenolic OH excluding ortho intramolecular Hbond substituents is 3. The van der Waals surface area contributed by atoms with Gasteiger partial charge in [-0.1, -0.05) is 23.1 Å². The zero-order valence-electron chi connectivity index (χ0n) is 12.5. The Kier molecular flexibility index (Phi) is 4.12. The Morgan fingerprint density at radius 1 is 0.917 bits per heavy atom. The fourth-order valence-corrected chi connectivity index (χ4v) is 2.34. The summed E-state index contributed by atoms with van der Waals surface area (Å²) in [5.74, 6) is -0.296. The molecule has 0 amide bonds. The van der Waals surface area contributed by atoms with Gasteiger partial charge in [-0.2, -0.15) is 10.2 Å². The molecule has 0 saturated carbocycles. The predicted molar refractivity (Wildman–Crippen MR) is 93.6 cm³/mol. The van der Waals surface area contributed by atoms with Crippen LogP contribution in [0.25, 0.3) is 10.8 Å². The van der Waals surface area contributed by atoms with Crippen molar-refractivity contribution in [3.05, 3.63) is 36.2 Å². The number of fused-ring (bicyclic) bond motifs is 1. The summed E-state index contributed by atoms with van der Waals surface area (Å²) in [6, 6.07) is 4.52. The number of aromatic hydroxyl groups is 3. The van der Waals surface area contributed by atoms with Gasteiger partial charge in [-0.3, -0.25) is 4.99 Å². The van der Waals surface area contributed by atoms with Gasteiger partial charge in [-0.25, -0.2) is 0 Å². The topological polar surface area (TPSA) is 98.8 Å². The maximum absolute atomic E-state index is 10.2. The molecule has 0 atom stereocenters. The normalized spacial score (nSPS) is 11.3. The molecule has 2 aromatic carbocycles. The third kappa shape index (κ3) is 2.90. The van der Waals surface area contributed by atoms with Crippen LogP contribution in [0.3, 0.4) is 0 Å². The van der Waals surface area contributed by atoms with Crippen LogP contribution in [0.2, 0.25) is 0 Å². The zero-order chi connectivity index (χ0) is 17.3. The lowest BCUT2D eigenvalue weighted by Gasteiger charge is -2.07. The van der Waals surface area contributed by atoms with E-state index in [1.807, 2.05) is 0 Å². The molecule has 8 heteroatoms. The van der Waals surface area contributed by atoms with Crippen molar-refractivity contribution in [3.63, 3.8) is 0 Å². The van der Waals surface area contributed by atoms with Crippen molar-refractivity contribution < 1.29 is 15.3 Å². The number of benzene rings is 2. The SMILES string of the molecule is [B]c1cc(CC=Nc2cc(O)c3cnncc3c2O)cc([B])c1O. The minimum Gasteiger partial charge on any atom is -0.509 e. The molecule has 0 bridgehead atoms. The van der Waals surface area contributed by atoms with E-state index in [4.69, 9.17) is 15.7 Å². The summed E-state index contributed by atoms with van der Waals surface area (Å²) in [4.78, 5) is 4.17. The van der Waals surface area contributed by atoms with Crippen LogP contribution in [-0.4, -0.2) is 47.4 Å². The maximum atomic E-state index is 10.2. The van der Waals surface area contributed by atoms with E-state index in [1.54, 1.807) is 18.3 Å². The van der Waals surface area contributed by atoms with Crippen molar-refractivity contribution in [2.45, 2.75) is 6.42 Å². The molecule has 3 N–H and O–H groups in total. The molecule has 4 radical (unpaired) electrons. The van der Waals surface area contributed by atoms with E-state index in [2.05, 4.69) is 15.2 Å². The monoisotopic (exact) mass is 315 g/mol. The molecule has 0 aliphatic heterocycles. The van der Waals surface area contributed by atoms with Crippen LogP contribution in [0.4, 0.5) is 5.69 Å². The molecule has 0 aliphatic carbocycles. The van der Waals surface area contributed by atoms with Crippen LogP contribution in [0, 0.1) is 0 Å². The lowest BCUT2D eigenvalue weighted by Crippen LogP contribution is -2.16. The van der Waals surface area contributed by atoms with E-state index in [0.29, 0.717) is 17.2 Å². The van der Waals surface area contributed by atoms with Gasteiger partial charge in [0.25, 0.3) is 0 Å². The Labute approximate surface area is 140 Å². The van der Waals surface area contributed by atoms with E-state index >= 15 is 0 Å². The number of aliphatic imine (C=N–C) groups is 1. The molecule has 0 saturated heterocycles. The van der Waals surface area contributed by atoms with Gasteiger partial charge in [0.2, 0.25) is 0 Å². The number of aromatic nitrogens is 2. The molecule has 3 aromatic rings. The van der Waals surface area contributed by atoms with Crippen LogP contribution in [0.5, 0.6) is 17.2 Å². The van der Waals surface area contributed by atoms with Gasteiger partial charge in [0.05, 0.1) is 17.8 Å². The molecule has 114 valence electrons. The summed E-state index contributed by atoms with van der Waals surface area (Å²) >= 11 is 0. The van der Waals surface area contributed by atoms with Crippen LogP contribution >= 0.6 is 0 Å². The van der Waals surface area contributed by atoms with Gasteiger partial charge in [0.1, 0.15) is 32.9 Å². The van der Waals surface area contributed by atoms with E-state index in [0.717, 1.165) is 5.56 Å². The average Bonchev–Trinajstić information content (AvgIpc) is 2.57. The maximum Gasteiger partial charge on any atom is 0.150 e. The summed E-state index contributed by atoms with van der Waals surface area (Å²) in [7, 11) is 11.3. The van der Waals surface area contributed by atoms with Crippen molar-refractivity contribution in [2.75, 3.05) is 0 Å². The summed E-state index contributed by atoms with van der Waals surface area (Å²) in [5.41, 5.74) is 1.32. The Balaban J connectivity index is 1.90. The minimum atomic E-state index is -0.145. The molecule has 1 heterocycles. The number of phenols is 3. The third-order valence-electron chi connectivity index (χ3n) is 3.56. The highest BCUT2D eigenvalue weighted by Gasteiger charge is 2.10. The molecule has 0 spiro atoms. The van der Waals surface area contributed by atoms with Crippen molar-refractivity contribution >= 4 is 49.3 Å². The minimum absolute atomic E-state index is 0.0528. The molecular formula is C16H11B2N3O3. The van der Waals surface area contributed by atoms with Gasteiger partial charge in [0.15, 0.2) is 5.75 Å². The molecule has 0 fully saturated rings. The zero-order valence-corrected chi connectivity index (χ0v) is 12.5. The van der Waals surface area contributed by atoms with Crippen LogP contribution in [-0.2, 0) is 6.42 Å². The van der Waals surface area contributed by atoms with Gasteiger partial charge >= 0.3 is 0 Å². The van der Waals surface area contributed by atoms with E-state index in [-0.39, 0.29) is 33.9 Å². The summed E-state index contributed by atoms with van der Waals surface area (Å²) in [6.07, 6.45) is 4.63. The summed E-state index contributed by atoms with van der Waals surface area (Å²) in [5, 5.41) is 37.9. The van der Waals surface area contributed by atoms with Crippen LogP contribution < -0.4 is 10.9 Å². The highest BCUT2D eigenvalue weighted by atomic mass is 16.3. The predicted octanol–water partition coefficient (Wildman–Crippen LogP) is 0.279. The Morgan fingerprint density at radius 2 is 1.54 bits per heavy atom. The van der Waals surface area contributed by atoms with E-state index in [9.17, 15) is 15.3 Å². The second-order valence-corrected chi connectivity index (χ2v) is 5.22. The molecule has 1 aromatic heterocycles. The first-order valence-corrected chi connectivity index (χ1v) is 7.02. The summed E-state index contributed by atoms with van der Waals surface area (Å²) < 4.78 is 0. The molecule has 6 nitrogen and oxygen atoms in total. The number of hydrogen-bond acceptors (Lipinski definition) is 6. The number of hydrogen-bond donors (Lipinski definition) is 3. The quantitative estimate of drug-likeness (QED) is 0.366. The molecular weight excluding hydrogens is 304 g/mol. The summed E-state index contributed by atoms with van der Waals surface area (Å²) in [6.45, 7) is 0. The first-order chi connectivity index (χ1) is 11.5. The third-order valence-corrected chi connectivity index (χ3v) is 3.56. The second-order valence-electron chi connectivity index (χ2n) is 5.22. The first kappa shape index (κ1) is 15.9. The average molecular weight is 315 g/mol. The largest absolute Gasteiger partial charge is 0.509 e. The van der Waals surface area contributed by atoms with Crippen LogP contribution in [0.1, 0.15) is 5.56 Å². The van der Waals surface area contributed by atoms with Gasteiger partial charge in [-0.15, -0.1) is 0 Å².